The molecule has 2 fully saturated rings. The van der Waals surface area contributed by atoms with Crippen LogP contribution in [-0.4, -0.2) is 84.8 Å². The van der Waals surface area contributed by atoms with Gasteiger partial charge in [-0.25, -0.2) is 0 Å². The Kier molecular flexibility index (Phi) is 10.1. The van der Waals surface area contributed by atoms with Crippen LogP contribution in [0.5, 0.6) is 5.75 Å². The minimum atomic E-state index is -1.45. The summed E-state index contributed by atoms with van der Waals surface area (Å²) in [5, 5.41) is 10.0. The summed E-state index contributed by atoms with van der Waals surface area (Å²) in [6.45, 7) is 4.67. The third-order valence-corrected chi connectivity index (χ3v) is 6.00. The van der Waals surface area contributed by atoms with E-state index < -0.39 is 72.9 Å². The van der Waals surface area contributed by atoms with Crippen LogP contribution in [0, 0.1) is 0 Å². The molecular formula is C26H32O13. The molecule has 39 heavy (non-hydrogen) atoms. The molecule has 0 radical (unpaired) electrons. The zero-order valence-electron chi connectivity index (χ0n) is 22.2. The molecule has 13 nitrogen and oxygen atoms in total. The molecule has 0 spiro atoms. The maximum atomic E-state index is 12.4. The van der Waals surface area contributed by atoms with Crippen molar-refractivity contribution >= 4 is 29.5 Å². The number of aliphatic hydroxyl groups excluding tert-OH is 1. The summed E-state index contributed by atoms with van der Waals surface area (Å²) in [4.78, 5) is 60.4. The van der Waals surface area contributed by atoms with Gasteiger partial charge < -0.3 is 38.3 Å². The highest BCUT2D eigenvalue weighted by Crippen LogP contribution is 2.38. The number of para-hydroxylation sites is 1. The first-order chi connectivity index (χ1) is 18.4. The Hall–Kier alpha value is -3.39. The van der Waals surface area contributed by atoms with Crippen molar-refractivity contribution in [3.05, 3.63) is 29.8 Å². The fourth-order valence-electron chi connectivity index (χ4n) is 4.48. The van der Waals surface area contributed by atoms with Crippen molar-refractivity contribution < 1.29 is 62.2 Å². The van der Waals surface area contributed by atoms with E-state index in [-0.39, 0.29) is 24.4 Å². The van der Waals surface area contributed by atoms with E-state index in [0.717, 1.165) is 20.8 Å². The summed E-state index contributed by atoms with van der Waals surface area (Å²) in [5.74, 6) is -2.95. The lowest BCUT2D eigenvalue weighted by Crippen LogP contribution is -2.63. The van der Waals surface area contributed by atoms with Gasteiger partial charge in [0.2, 0.25) is 12.4 Å². The van der Waals surface area contributed by atoms with Crippen LogP contribution in [0.25, 0.3) is 0 Å². The number of benzene rings is 1. The van der Waals surface area contributed by atoms with E-state index in [1.165, 1.54) is 14.0 Å². The molecular weight excluding hydrogens is 520 g/mol. The van der Waals surface area contributed by atoms with Gasteiger partial charge in [0, 0.05) is 46.3 Å². The molecule has 2 heterocycles. The topological polar surface area (TPSA) is 170 Å². The summed E-state index contributed by atoms with van der Waals surface area (Å²) in [7, 11) is 1.29. The average Bonchev–Trinajstić information content (AvgIpc) is 2.84. The van der Waals surface area contributed by atoms with E-state index in [2.05, 4.69) is 0 Å². The number of carbonyl (C=O) groups excluding carboxylic acids is 5. The third kappa shape index (κ3) is 7.60. The predicted octanol–water partition coefficient (Wildman–Crippen LogP) is 0.928. The second-order valence-electron chi connectivity index (χ2n) is 9.17. The fraction of sp³-hybridized carbons (Fsp3) is 0.577. The Labute approximate surface area is 224 Å². The number of carbonyl (C=O) groups is 5. The average molecular weight is 553 g/mol. The molecule has 3 rings (SSSR count). The van der Waals surface area contributed by atoms with E-state index >= 15 is 0 Å². The number of ketones is 2. The highest BCUT2D eigenvalue weighted by molar-refractivity contribution is 5.84. The lowest BCUT2D eigenvalue weighted by Gasteiger charge is -2.44. The molecule has 1 N–H and O–H groups in total. The molecule has 1 aromatic rings. The first-order valence-corrected chi connectivity index (χ1v) is 12.2. The zero-order valence-corrected chi connectivity index (χ0v) is 22.2. The number of hydrogen-bond donors (Lipinski definition) is 1. The molecule has 0 bridgehead atoms. The van der Waals surface area contributed by atoms with Gasteiger partial charge in [0.05, 0.1) is 6.10 Å². The van der Waals surface area contributed by atoms with Crippen LogP contribution < -0.4 is 4.74 Å². The molecule has 2 aliphatic rings. The maximum Gasteiger partial charge on any atom is 0.303 e. The van der Waals surface area contributed by atoms with E-state index in [4.69, 9.17) is 33.2 Å². The lowest BCUT2D eigenvalue weighted by atomic mass is 9.94. The number of esters is 3. The van der Waals surface area contributed by atoms with E-state index in [9.17, 15) is 29.1 Å². The molecule has 1 aromatic carbocycles. The number of Topliss-reactive ketones (excluding diaryl/α,β-unsaturated/α-hetero) is 2. The Morgan fingerprint density at radius 2 is 1.46 bits per heavy atom. The standard InChI is InChI=1S/C26H32O13/c1-12(27)10-20-22(34-13(2)28)23(35-14(3)29)24(36-15(4)30)26(39-20)37-18-9-7-6-8-16(18)19-11-17(31)21(32)25(33-5)38-19/h6-9,19-26,32H,10-11H2,1-5H3/t19-,20-,21+,22-,23+,24-,25+,26-/m1/s1. The second kappa shape index (κ2) is 13.1. The van der Waals surface area contributed by atoms with Gasteiger partial charge in [0.1, 0.15) is 17.6 Å². The first-order valence-electron chi connectivity index (χ1n) is 12.2. The van der Waals surface area contributed by atoms with Crippen molar-refractivity contribution in [2.45, 2.75) is 89.7 Å². The molecule has 8 atom stereocenters. The van der Waals surface area contributed by atoms with Crippen molar-refractivity contribution in [3.63, 3.8) is 0 Å². The molecule has 13 heteroatoms. The van der Waals surface area contributed by atoms with E-state index in [1.807, 2.05) is 0 Å². The summed E-state index contributed by atoms with van der Waals surface area (Å²) in [6, 6.07) is 6.47. The van der Waals surface area contributed by atoms with Gasteiger partial charge in [-0.1, -0.05) is 18.2 Å². The van der Waals surface area contributed by atoms with Crippen LogP contribution in [0.4, 0.5) is 0 Å². The smallest absolute Gasteiger partial charge is 0.303 e. The molecule has 0 saturated carbocycles. The van der Waals surface area contributed by atoms with Crippen molar-refractivity contribution in [3.8, 4) is 5.75 Å². The molecule has 2 saturated heterocycles. The molecule has 0 amide bonds. The Morgan fingerprint density at radius 1 is 0.872 bits per heavy atom. The van der Waals surface area contributed by atoms with Crippen LogP contribution in [0.1, 0.15) is 52.2 Å². The number of hydrogen-bond acceptors (Lipinski definition) is 13. The normalized spacial score (nSPS) is 30.7. The van der Waals surface area contributed by atoms with Crippen molar-refractivity contribution in [1.82, 2.24) is 0 Å². The van der Waals surface area contributed by atoms with Gasteiger partial charge >= 0.3 is 17.9 Å². The van der Waals surface area contributed by atoms with Crippen LogP contribution in [0.3, 0.4) is 0 Å². The molecule has 2 aliphatic heterocycles. The van der Waals surface area contributed by atoms with Crippen LogP contribution in [0.15, 0.2) is 24.3 Å². The summed E-state index contributed by atoms with van der Waals surface area (Å²) in [5.41, 5.74) is 0.388. The van der Waals surface area contributed by atoms with E-state index in [1.54, 1.807) is 24.3 Å². The first kappa shape index (κ1) is 30.2. The zero-order chi connectivity index (χ0) is 28.9. The highest BCUT2D eigenvalue weighted by Gasteiger charge is 2.53. The Bertz CT molecular complexity index is 1090. The minimum Gasteiger partial charge on any atom is -0.460 e. The quantitative estimate of drug-likeness (QED) is 0.339. The SMILES string of the molecule is CO[C@H]1O[C@@H](c2ccccc2O[C@@H]2O[C@H](CC(C)=O)[C@@H](OC(C)=O)[C@H](OC(C)=O)[C@H]2OC(C)=O)CC(=O)[C@@H]1O. The van der Waals surface area contributed by atoms with Crippen LogP contribution in [0.2, 0.25) is 0 Å². The lowest BCUT2D eigenvalue weighted by molar-refractivity contribution is -0.283. The monoisotopic (exact) mass is 552 g/mol. The Balaban J connectivity index is 2.01. The molecule has 214 valence electrons. The van der Waals surface area contributed by atoms with Crippen molar-refractivity contribution in [2.75, 3.05) is 7.11 Å². The summed E-state index contributed by atoms with van der Waals surface area (Å²) < 4.78 is 39.2. The van der Waals surface area contributed by atoms with Gasteiger partial charge in [0.15, 0.2) is 30.4 Å². The number of methoxy groups -OCH3 is 1. The molecule has 0 aliphatic carbocycles. The fourth-order valence-corrected chi connectivity index (χ4v) is 4.48. The number of aliphatic hydroxyl groups is 1. The van der Waals surface area contributed by atoms with Gasteiger partial charge in [-0.2, -0.15) is 0 Å². The van der Waals surface area contributed by atoms with Gasteiger partial charge in [-0.15, -0.1) is 0 Å². The van der Waals surface area contributed by atoms with Crippen molar-refractivity contribution in [2.24, 2.45) is 0 Å². The molecule has 0 unspecified atom stereocenters. The largest absolute Gasteiger partial charge is 0.460 e. The second-order valence-corrected chi connectivity index (χ2v) is 9.17. The Morgan fingerprint density at radius 3 is 2.05 bits per heavy atom. The van der Waals surface area contributed by atoms with E-state index in [0.29, 0.717) is 5.56 Å². The van der Waals surface area contributed by atoms with Crippen LogP contribution >= 0.6 is 0 Å². The van der Waals surface area contributed by atoms with Gasteiger partial charge in [-0.3, -0.25) is 24.0 Å². The number of ether oxygens (including phenoxy) is 7. The maximum absolute atomic E-state index is 12.4. The van der Waals surface area contributed by atoms with Crippen LogP contribution in [-0.2, 0) is 52.4 Å². The van der Waals surface area contributed by atoms with Gasteiger partial charge in [0.25, 0.3) is 0 Å². The van der Waals surface area contributed by atoms with Crippen molar-refractivity contribution in [1.29, 1.82) is 0 Å². The summed E-state index contributed by atoms with van der Waals surface area (Å²) in [6.07, 6.45) is -10.6. The molecule has 0 aromatic heterocycles. The predicted molar refractivity (Wildman–Crippen MR) is 128 cm³/mol. The third-order valence-electron chi connectivity index (χ3n) is 6.00. The minimum absolute atomic E-state index is 0.151. The van der Waals surface area contributed by atoms with Gasteiger partial charge in [-0.05, 0) is 13.0 Å². The number of rotatable bonds is 9. The summed E-state index contributed by atoms with van der Waals surface area (Å²) >= 11 is 0. The highest BCUT2D eigenvalue weighted by atomic mass is 16.7.